The van der Waals surface area contributed by atoms with Gasteiger partial charge in [0.2, 0.25) is 0 Å². The van der Waals surface area contributed by atoms with Crippen LogP contribution in [0.3, 0.4) is 0 Å². The van der Waals surface area contributed by atoms with Crippen LogP contribution in [0.2, 0.25) is 0 Å². The first kappa shape index (κ1) is 11.1. The average molecular weight is 255 g/mol. The summed E-state index contributed by atoms with van der Waals surface area (Å²) in [5, 5.41) is 0. The molecule has 6 heteroatoms. The van der Waals surface area contributed by atoms with E-state index in [1.165, 1.54) is 0 Å². The third-order valence-electron chi connectivity index (χ3n) is 2.07. The van der Waals surface area contributed by atoms with Gasteiger partial charge in [0, 0.05) is 6.26 Å². The lowest BCUT2D eigenvalue weighted by Crippen LogP contribution is -2.04. The van der Waals surface area contributed by atoms with Crippen LogP contribution in [-0.4, -0.2) is 19.0 Å². The number of aromatic amines is 1. The maximum Gasteiger partial charge on any atom is 0.267 e. The van der Waals surface area contributed by atoms with E-state index in [1.807, 2.05) is 6.07 Å². The van der Waals surface area contributed by atoms with E-state index in [0.29, 0.717) is 5.56 Å². The molecule has 0 aliphatic carbocycles. The van der Waals surface area contributed by atoms with Gasteiger partial charge in [-0.15, -0.1) is 0 Å². The molecule has 0 bridgehead atoms. The van der Waals surface area contributed by atoms with Crippen LogP contribution < -0.4 is 5.56 Å². The van der Waals surface area contributed by atoms with Crippen molar-refractivity contribution in [2.75, 3.05) is 6.26 Å². The maximum atomic E-state index is 11.6. The first-order chi connectivity index (χ1) is 7.50. The van der Waals surface area contributed by atoms with Crippen LogP contribution in [0.15, 0.2) is 39.3 Å². The van der Waals surface area contributed by atoms with Gasteiger partial charge in [0.05, 0.1) is 5.56 Å². The summed E-state index contributed by atoms with van der Waals surface area (Å²) >= 11 is 0.852. The predicted octanol–water partition coefficient (Wildman–Crippen LogP) is 1.51. The van der Waals surface area contributed by atoms with Crippen LogP contribution in [0, 0.1) is 0 Å². The third kappa shape index (κ3) is 1.94. The fourth-order valence-electron chi connectivity index (χ4n) is 1.40. The Morgan fingerprint density at radius 3 is 2.38 bits per heavy atom. The largest absolute Gasteiger partial charge is 0.276 e. The molecule has 0 fully saturated rings. The molecule has 0 aliphatic heterocycles. The van der Waals surface area contributed by atoms with Gasteiger partial charge in [-0.1, -0.05) is 30.3 Å². The Balaban J connectivity index is 2.76. The van der Waals surface area contributed by atoms with Gasteiger partial charge in [-0.3, -0.25) is 9.17 Å². The Morgan fingerprint density at radius 1 is 1.19 bits per heavy atom. The van der Waals surface area contributed by atoms with E-state index >= 15 is 0 Å². The highest BCUT2D eigenvalue weighted by atomic mass is 32.2. The highest BCUT2D eigenvalue weighted by molar-refractivity contribution is 7.92. The van der Waals surface area contributed by atoms with Gasteiger partial charge in [0.1, 0.15) is 4.21 Å². The van der Waals surface area contributed by atoms with Crippen molar-refractivity contribution in [1.82, 2.24) is 4.37 Å². The third-order valence-corrected chi connectivity index (χ3v) is 4.78. The molecular formula is C10H9NO3S2. The minimum Gasteiger partial charge on any atom is -0.276 e. The zero-order valence-electron chi connectivity index (χ0n) is 8.43. The van der Waals surface area contributed by atoms with Crippen LogP contribution in [-0.2, 0) is 9.84 Å². The van der Waals surface area contributed by atoms with Crippen LogP contribution in [0.5, 0.6) is 0 Å². The van der Waals surface area contributed by atoms with Gasteiger partial charge in [0.25, 0.3) is 5.56 Å². The molecule has 4 nitrogen and oxygen atoms in total. The van der Waals surface area contributed by atoms with E-state index < -0.39 is 9.84 Å². The Morgan fingerprint density at radius 2 is 1.81 bits per heavy atom. The van der Waals surface area contributed by atoms with E-state index in [-0.39, 0.29) is 15.3 Å². The summed E-state index contributed by atoms with van der Waals surface area (Å²) in [4.78, 5) is 11.6. The molecule has 1 N–H and O–H groups in total. The second-order valence-corrected chi connectivity index (χ2v) is 6.36. The van der Waals surface area contributed by atoms with Crippen LogP contribution in [0.1, 0.15) is 0 Å². The number of hydrogen-bond acceptors (Lipinski definition) is 4. The molecule has 0 saturated carbocycles. The summed E-state index contributed by atoms with van der Waals surface area (Å²) in [6, 6.07) is 8.76. The van der Waals surface area contributed by atoms with Crippen molar-refractivity contribution in [3.8, 4) is 11.1 Å². The van der Waals surface area contributed by atoms with E-state index in [9.17, 15) is 13.2 Å². The Hall–Kier alpha value is -1.40. The minimum atomic E-state index is -3.37. The minimum absolute atomic E-state index is 0.0868. The lowest BCUT2D eigenvalue weighted by molar-refractivity contribution is 0.604. The van der Waals surface area contributed by atoms with Gasteiger partial charge in [0.15, 0.2) is 9.84 Å². The Labute approximate surface area is 96.6 Å². The normalized spacial score (nSPS) is 11.6. The molecule has 1 aromatic carbocycles. The van der Waals surface area contributed by atoms with Crippen molar-refractivity contribution in [2.24, 2.45) is 0 Å². The monoisotopic (exact) mass is 255 g/mol. The molecule has 1 heterocycles. The Bertz CT molecular complexity index is 653. The SMILES string of the molecule is CS(=O)(=O)c1s[nH]c(=O)c1-c1ccccc1. The van der Waals surface area contributed by atoms with Crippen molar-refractivity contribution in [3.63, 3.8) is 0 Å². The van der Waals surface area contributed by atoms with Crippen LogP contribution in [0.4, 0.5) is 0 Å². The lowest BCUT2D eigenvalue weighted by Gasteiger charge is -1.99. The number of H-pyrrole nitrogens is 1. The molecule has 0 atom stereocenters. The molecule has 0 spiro atoms. The summed E-state index contributed by atoms with van der Waals surface area (Å²) in [7, 11) is -3.37. The number of benzene rings is 1. The molecule has 1 aromatic heterocycles. The molecular weight excluding hydrogens is 246 g/mol. The average Bonchev–Trinajstić information content (AvgIpc) is 2.61. The quantitative estimate of drug-likeness (QED) is 0.884. The fourth-order valence-corrected chi connectivity index (χ4v) is 3.31. The molecule has 84 valence electrons. The molecule has 0 saturated heterocycles. The number of aromatic nitrogens is 1. The van der Waals surface area contributed by atoms with Gasteiger partial charge >= 0.3 is 0 Å². The highest BCUT2D eigenvalue weighted by Gasteiger charge is 2.20. The van der Waals surface area contributed by atoms with E-state index in [0.717, 1.165) is 17.8 Å². The first-order valence-corrected chi connectivity index (χ1v) is 7.18. The Kier molecular flexibility index (Phi) is 2.69. The summed E-state index contributed by atoms with van der Waals surface area (Å²) in [5.74, 6) is 0. The first-order valence-electron chi connectivity index (χ1n) is 4.47. The summed E-state index contributed by atoms with van der Waals surface area (Å²) in [6.45, 7) is 0. The summed E-state index contributed by atoms with van der Waals surface area (Å²) < 4.78 is 25.5. The van der Waals surface area contributed by atoms with Crippen molar-refractivity contribution < 1.29 is 8.42 Å². The second kappa shape index (κ2) is 3.88. The van der Waals surface area contributed by atoms with E-state index in [4.69, 9.17) is 0 Å². The van der Waals surface area contributed by atoms with Gasteiger partial charge < -0.3 is 0 Å². The zero-order valence-corrected chi connectivity index (χ0v) is 10.1. The standard InChI is InChI=1S/C10H9NO3S2/c1-16(13,14)10-8(9(12)11-15-10)7-5-3-2-4-6-7/h2-6H,1H3,(H,11,12). The van der Waals surface area contributed by atoms with Gasteiger partial charge in [-0.05, 0) is 17.1 Å². The van der Waals surface area contributed by atoms with Crippen molar-refractivity contribution >= 4 is 21.4 Å². The van der Waals surface area contributed by atoms with Gasteiger partial charge in [-0.25, -0.2) is 8.42 Å². The lowest BCUT2D eigenvalue weighted by atomic mass is 10.1. The van der Waals surface area contributed by atoms with E-state index in [2.05, 4.69) is 4.37 Å². The van der Waals surface area contributed by atoms with Crippen LogP contribution >= 0.6 is 11.5 Å². The molecule has 16 heavy (non-hydrogen) atoms. The van der Waals surface area contributed by atoms with Crippen molar-refractivity contribution in [1.29, 1.82) is 0 Å². The molecule has 0 unspecified atom stereocenters. The van der Waals surface area contributed by atoms with E-state index in [1.54, 1.807) is 24.3 Å². The smallest absolute Gasteiger partial charge is 0.267 e. The number of sulfone groups is 1. The zero-order chi connectivity index (χ0) is 11.8. The summed E-state index contributed by atoms with van der Waals surface area (Å²) in [6.07, 6.45) is 1.10. The fraction of sp³-hybridized carbons (Fsp3) is 0.100. The number of nitrogens with one attached hydrogen (secondary N) is 1. The molecule has 0 amide bonds. The molecule has 0 aliphatic rings. The molecule has 2 aromatic rings. The highest BCUT2D eigenvalue weighted by Crippen LogP contribution is 2.26. The maximum absolute atomic E-state index is 11.6. The van der Waals surface area contributed by atoms with Crippen molar-refractivity contribution in [2.45, 2.75) is 4.21 Å². The molecule has 2 rings (SSSR count). The molecule has 0 radical (unpaired) electrons. The number of rotatable bonds is 2. The topological polar surface area (TPSA) is 67.0 Å². The van der Waals surface area contributed by atoms with Gasteiger partial charge in [-0.2, -0.15) is 0 Å². The predicted molar refractivity (Wildman–Crippen MR) is 63.5 cm³/mol. The summed E-state index contributed by atoms with van der Waals surface area (Å²) in [5.41, 5.74) is 0.482. The number of hydrogen-bond donors (Lipinski definition) is 1. The van der Waals surface area contributed by atoms with Crippen LogP contribution in [0.25, 0.3) is 11.1 Å². The van der Waals surface area contributed by atoms with Crippen molar-refractivity contribution in [3.05, 3.63) is 40.7 Å². The second-order valence-electron chi connectivity index (χ2n) is 3.33.